The summed E-state index contributed by atoms with van der Waals surface area (Å²) < 4.78 is 18.3. The van der Waals surface area contributed by atoms with E-state index < -0.39 is 6.04 Å². The summed E-state index contributed by atoms with van der Waals surface area (Å²) >= 11 is 0. The van der Waals surface area contributed by atoms with Gasteiger partial charge in [0, 0.05) is 22.9 Å². The molecular formula is C22H22FN2O2+. The van der Waals surface area contributed by atoms with Gasteiger partial charge in [-0.25, -0.2) is 4.39 Å². The van der Waals surface area contributed by atoms with Crippen LogP contribution in [0, 0.1) is 5.82 Å². The van der Waals surface area contributed by atoms with Crippen molar-refractivity contribution in [3.63, 3.8) is 0 Å². The Bertz CT molecular complexity index is 882. The highest BCUT2D eigenvalue weighted by atomic mass is 19.1. The number of carbonyl (C=O) groups is 1. The first-order valence-corrected chi connectivity index (χ1v) is 8.73. The van der Waals surface area contributed by atoms with Crippen LogP contribution in [-0.4, -0.2) is 13.0 Å². The number of hydrogen-bond acceptors (Lipinski definition) is 2. The summed E-state index contributed by atoms with van der Waals surface area (Å²) in [6, 6.07) is 22.7. The Hall–Kier alpha value is -3.18. The highest BCUT2D eigenvalue weighted by Crippen LogP contribution is 2.18. The lowest BCUT2D eigenvalue weighted by molar-refractivity contribution is -0.697. The molecular weight excluding hydrogens is 343 g/mol. The van der Waals surface area contributed by atoms with Crippen LogP contribution in [0.5, 0.6) is 5.75 Å². The van der Waals surface area contributed by atoms with E-state index in [9.17, 15) is 9.18 Å². The average Bonchev–Trinajstić information content (AvgIpc) is 2.70. The molecule has 0 aliphatic carbocycles. The predicted molar refractivity (Wildman–Crippen MR) is 103 cm³/mol. The van der Waals surface area contributed by atoms with Crippen molar-refractivity contribution in [1.29, 1.82) is 0 Å². The first-order chi connectivity index (χ1) is 13.2. The second kappa shape index (κ2) is 8.96. The molecule has 0 aromatic heterocycles. The van der Waals surface area contributed by atoms with Gasteiger partial charge in [-0.2, -0.15) is 0 Å². The maximum atomic E-state index is 13.1. The number of nitrogens with two attached hydrogens (primary N) is 1. The number of amides is 1. The summed E-state index contributed by atoms with van der Waals surface area (Å²) in [4.78, 5) is 12.9. The van der Waals surface area contributed by atoms with Crippen molar-refractivity contribution < 1.29 is 19.2 Å². The van der Waals surface area contributed by atoms with Gasteiger partial charge in [0.15, 0.2) is 6.04 Å². The number of ether oxygens (including phenoxy) is 1. The molecule has 0 saturated carbocycles. The van der Waals surface area contributed by atoms with Crippen molar-refractivity contribution >= 4 is 11.6 Å². The molecule has 3 aromatic rings. The molecule has 0 radical (unpaired) electrons. The van der Waals surface area contributed by atoms with Gasteiger partial charge in [0.2, 0.25) is 0 Å². The monoisotopic (exact) mass is 365 g/mol. The van der Waals surface area contributed by atoms with Gasteiger partial charge < -0.3 is 15.4 Å². The molecule has 27 heavy (non-hydrogen) atoms. The van der Waals surface area contributed by atoms with Crippen molar-refractivity contribution in [3.8, 4) is 5.75 Å². The van der Waals surface area contributed by atoms with Crippen LogP contribution in [-0.2, 0) is 11.3 Å². The van der Waals surface area contributed by atoms with E-state index in [-0.39, 0.29) is 11.7 Å². The van der Waals surface area contributed by atoms with Gasteiger partial charge in [0.05, 0.1) is 7.11 Å². The topological polar surface area (TPSA) is 54.9 Å². The number of halogens is 1. The van der Waals surface area contributed by atoms with Crippen molar-refractivity contribution in [2.75, 3.05) is 12.4 Å². The number of hydrogen-bond donors (Lipinski definition) is 2. The van der Waals surface area contributed by atoms with E-state index in [0.717, 1.165) is 11.1 Å². The Morgan fingerprint density at radius 2 is 1.78 bits per heavy atom. The molecule has 5 heteroatoms. The van der Waals surface area contributed by atoms with E-state index >= 15 is 0 Å². The number of benzene rings is 3. The minimum absolute atomic E-state index is 0.128. The molecule has 4 nitrogen and oxygen atoms in total. The fourth-order valence-electron chi connectivity index (χ4n) is 2.85. The van der Waals surface area contributed by atoms with E-state index in [1.165, 1.54) is 12.1 Å². The van der Waals surface area contributed by atoms with Crippen LogP contribution < -0.4 is 15.4 Å². The van der Waals surface area contributed by atoms with Gasteiger partial charge in [-0.1, -0.05) is 48.5 Å². The zero-order valence-corrected chi connectivity index (χ0v) is 15.1. The number of carbonyl (C=O) groups excluding carboxylic acids is 1. The quantitative estimate of drug-likeness (QED) is 0.675. The number of rotatable bonds is 7. The number of nitrogens with one attached hydrogen (secondary N) is 1. The molecule has 1 atom stereocenters. The zero-order chi connectivity index (χ0) is 19.1. The molecule has 138 valence electrons. The fourth-order valence-corrected chi connectivity index (χ4v) is 2.85. The van der Waals surface area contributed by atoms with Crippen molar-refractivity contribution in [2.45, 2.75) is 12.6 Å². The van der Waals surface area contributed by atoms with Crippen LogP contribution in [0.4, 0.5) is 10.1 Å². The standard InChI is InChI=1S/C22H21FN2O2/c1-27-20-9-5-8-19(14-20)25-22(26)21(17-6-3-2-4-7-17)24-15-16-10-12-18(23)13-11-16/h2-14,21,24H,15H2,1H3,(H,25,26)/p+1/t21-/m0/s1. The average molecular weight is 365 g/mol. The third-order valence-electron chi connectivity index (χ3n) is 4.28. The third kappa shape index (κ3) is 5.15. The van der Waals surface area contributed by atoms with E-state index in [2.05, 4.69) is 5.32 Å². The Morgan fingerprint density at radius 1 is 1.04 bits per heavy atom. The van der Waals surface area contributed by atoms with Gasteiger partial charge in [0.25, 0.3) is 5.91 Å². The Morgan fingerprint density at radius 3 is 2.48 bits per heavy atom. The Balaban J connectivity index is 1.76. The van der Waals surface area contributed by atoms with Crippen molar-refractivity contribution in [1.82, 2.24) is 0 Å². The molecule has 0 fully saturated rings. The van der Waals surface area contributed by atoms with Crippen LogP contribution in [0.1, 0.15) is 17.2 Å². The van der Waals surface area contributed by atoms with Gasteiger partial charge >= 0.3 is 0 Å². The Kier molecular flexibility index (Phi) is 6.18. The molecule has 0 aliphatic rings. The minimum atomic E-state index is -0.428. The molecule has 0 aliphatic heterocycles. The molecule has 3 rings (SSSR count). The first kappa shape index (κ1) is 18.6. The van der Waals surface area contributed by atoms with Gasteiger partial charge in [-0.05, 0) is 24.3 Å². The Labute approximate surface area is 158 Å². The van der Waals surface area contributed by atoms with Crippen LogP contribution in [0.3, 0.4) is 0 Å². The maximum absolute atomic E-state index is 13.1. The van der Waals surface area contributed by atoms with Crippen LogP contribution in [0.2, 0.25) is 0 Å². The highest BCUT2D eigenvalue weighted by molar-refractivity contribution is 5.94. The third-order valence-corrected chi connectivity index (χ3v) is 4.28. The molecule has 0 bridgehead atoms. The van der Waals surface area contributed by atoms with E-state index in [4.69, 9.17) is 4.74 Å². The molecule has 0 spiro atoms. The molecule has 0 saturated heterocycles. The summed E-state index contributed by atoms with van der Waals surface area (Å²) in [6.45, 7) is 0.561. The van der Waals surface area contributed by atoms with E-state index in [1.54, 1.807) is 25.3 Å². The highest BCUT2D eigenvalue weighted by Gasteiger charge is 2.24. The smallest absolute Gasteiger partial charge is 0.287 e. The lowest BCUT2D eigenvalue weighted by atomic mass is 10.1. The fraction of sp³-hybridized carbons (Fsp3) is 0.136. The van der Waals surface area contributed by atoms with Crippen molar-refractivity contribution in [2.24, 2.45) is 0 Å². The number of anilines is 1. The molecule has 3 N–H and O–H groups in total. The molecule has 3 aromatic carbocycles. The lowest BCUT2D eigenvalue weighted by Crippen LogP contribution is -2.85. The number of methoxy groups -OCH3 is 1. The first-order valence-electron chi connectivity index (χ1n) is 8.73. The summed E-state index contributed by atoms with van der Waals surface area (Å²) in [6.07, 6.45) is 0. The molecule has 1 amide bonds. The maximum Gasteiger partial charge on any atom is 0.287 e. The summed E-state index contributed by atoms with van der Waals surface area (Å²) in [5.41, 5.74) is 2.53. The second-order valence-corrected chi connectivity index (χ2v) is 6.18. The normalized spacial score (nSPS) is 11.6. The van der Waals surface area contributed by atoms with Crippen LogP contribution in [0.15, 0.2) is 78.9 Å². The molecule has 0 heterocycles. The van der Waals surface area contributed by atoms with Gasteiger partial charge in [0.1, 0.15) is 18.1 Å². The largest absolute Gasteiger partial charge is 0.497 e. The SMILES string of the molecule is COc1cccc(NC(=O)[C@@H]([NH2+]Cc2ccc(F)cc2)c2ccccc2)c1. The summed E-state index contributed by atoms with van der Waals surface area (Å²) in [5, 5.41) is 4.89. The van der Waals surface area contributed by atoms with Gasteiger partial charge in [-0.3, -0.25) is 4.79 Å². The predicted octanol–water partition coefficient (Wildman–Crippen LogP) is 3.28. The molecule has 0 unspecified atom stereocenters. The minimum Gasteiger partial charge on any atom is -0.497 e. The van der Waals surface area contributed by atoms with Gasteiger partial charge in [-0.15, -0.1) is 0 Å². The summed E-state index contributed by atoms with van der Waals surface area (Å²) in [7, 11) is 1.59. The van der Waals surface area contributed by atoms with E-state index in [0.29, 0.717) is 18.0 Å². The summed E-state index contributed by atoms with van der Waals surface area (Å²) in [5.74, 6) is 0.282. The second-order valence-electron chi connectivity index (χ2n) is 6.18. The van der Waals surface area contributed by atoms with E-state index in [1.807, 2.05) is 53.8 Å². The lowest BCUT2D eigenvalue weighted by Gasteiger charge is -2.16. The zero-order valence-electron chi connectivity index (χ0n) is 15.1. The van der Waals surface area contributed by atoms with Crippen LogP contribution in [0.25, 0.3) is 0 Å². The van der Waals surface area contributed by atoms with Crippen LogP contribution >= 0.6 is 0 Å². The van der Waals surface area contributed by atoms with Crippen molar-refractivity contribution in [3.05, 3.63) is 95.8 Å². The number of quaternary nitrogens is 1.